The minimum Gasteiger partial charge on any atom is -0.324 e. The fraction of sp³-hybridized carbons (Fsp3) is 0.714. The lowest BCUT2D eigenvalue weighted by Crippen LogP contribution is -2.17. The molecule has 3 nitrogen and oxygen atoms in total. The number of nitrogens with zero attached hydrogens (tertiary/aromatic N) is 2. The number of aromatic nitrogens is 1. The Kier molecular flexibility index (Phi) is 4.54. The van der Waals surface area contributed by atoms with Gasteiger partial charge in [0, 0.05) is 23.5 Å². The molecule has 1 aromatic rings. The van der Waals surface area contributed by atoms with Crippen LogP contribution in [0.25, 0.3) is 0 Å². The third-order valence-corrected chi connectivity index (χ3v) is 4.89. The summed E-state index contributed by atoms with van der Waals surface area (Å²) < 4.78 is 2.02. The van der Waals surface area contributed by atoms with Gasteiger partial charge in [-0.1, -0.05) is 34.6 Å². The predicted molar refractivity (Wildman–Crippen MR) is 76.8 cm³/mol. The summed E-state index contributed by atoms with van der Waals surface area (Å²) in [5, 5.41) is 0. The predicted octanol–water partition coefficient (Wildman–Crippen LogP) is 3.17. The fourth-order valence-corrected chi connectivity index (χ4v) is 2.88. The number of thiazole rings is 1. The summed E-state index contributed by atoms with van der Waals surface area (Å²) in [6, 6.07) is 0. The Hall–Kier alpha value is -0.900. The normalized spacial score (nSPS) is 14.9. The molecule has 0 bridgehead atoms. The van der Waals surface area contributed by atoms with Crippen molar-refractivity contribution >= 4 is 17.2 Å². The summed E-state index contributed by atoms with van der Waals surface area (Å²) in [4.78, 5) is 18.3. The molecular weight excluding hydrogens is 244 g/mol. The molecule has 0 aromatic carbocycles. The van der Waals surface area contributed by atoms with Crippen LogP contribution < -0.4 is 4.80 Å². The first-order valence-electron chi connectivity index (χ1n) is 6.44. The third-order valence-electron chi connectivity index (χ3n) is 3.23. The van der Waals surface area contributed by atoms with E-state index in [-0.39, 0.29) is 17.2 Å². The second-order valence-corrected chi connectivity index (χ2v) is 6.85. The lowest BCUT2D eigenvalue weighted by atomic mass is 9.93. The van der Waals surface area contributed by atoms with Crippen LogP contribution in [0.2, 0.25) is 0 Å². The molecular formula is C14H24N2OS. The smallest absolute Gasteiger partial charge is 0.251 e. The van der Waals surface area contributed by atoms with Gasteiger partial charge in [-0.15, -0.1) is 11.3 Å². The van der Waals surface area contributed by atoms with Crippen molar-refractivity contribution in [3.05, 3.63) is 15.4 Å². The quantitative estimate of drug-likeness (QED) is 0.811. The molecule has 0 radical (unpaired) electrons. The average Bonchev–Trinajstić information content (AvgIpc) is 2.55. The van der Waals surface area contributed by atoms with E-state index in [4.69, 9.17) is 0 Å². The first kappa shape index (κ1) is 15.2. The van der Waals surface area contributed by atoms with Gasteiger partial charge in [0.15, 0.2) is 4.80 Å². The third kappa shape index (κ3) is 3.10. The largest absolute Gasteiger partial charge is 0.324 e. The molecule has 0 N–H and O–H groups in total. The van der Waals surface area contributed by atoms with Gasteiger partial charge >= 0.3 is 0 Å². The maximum atomic E-state index is 11.9. The van der Waals surface area contributed by atoms with E-state index in [9.17, 15) is 4.79 Å². The van der Waals surface area contributed by atoms with Crippen LogP contribution in [0.3, 0.4) is 0 Å². The van der Waals surface area contributed by atoms with E-state index >= 15 is 0 Å². The Morgan fingerprint density at radius 2 is 2.00 bits per heavy atom. The highest BCUT2D eigenvalue weighted by atomic mass is 32.1. The minimum atomic E-state index is -0.0187. The standard InChI is InChI=1S/C14H24N2OS/c1-8-9(2)12(17)15-13-16(7)10(3)11(18-13)14(4,5)6/h9H,8H2,1-7H3. The number of rotatable bonds is 2. The van der Waals surface area contributed by atoms with Crippen LogP contribution >= 0.6 is 11.3 Å². The van der Waals surface area contributed by atoms with E-state index in [0.717, 1.165) is 11.2 Å². The van der Waals surface area contributed by atoms with Crippen molar-refractivity contribution in [1.82, 2.24) is 4.57 Å². The number of carbonyl (C=O) groups excluding carboxylic acids is 1. The number of hydrogen-bond acceptors (Lipinski definition) is 2. The summed E-state index contributed by atoms with van der Waals surface area (Å²) in [5.41, 5.74) is 1.29. The molecule has 1 aromatic heterocycles. The number of carbonyl (C=O) groups is 1. The molecule has 0 aliphatic heterocycles. The Bertz CT molecular complexity index is 503. The SMILES string of the molecule is CCC(C)C(=O)N=c1sc(C(C)(C)C)c(C)n1C. The highest BCUT2D eigenvalue weighted by molar-refractivity contribution is 7.09. The Balaban J connectivity index is 3.28. The number of hydrogen-bond donors (Lipinski definition) is 0. The second-order valence-electron chi connectivity index (χ2n) is 5.87. The van der Waals surface area contributed by atoms with Gasteiger partial charge in [0.1, 0.15) is 0 Å². The van der Waals surface area contributed by atoms with Crippen molar-refractivity contribution in [2.45, 2.75) is 53.4 Å². The van der Waals surface area contributed by atoms with Crippen LogP contribution in [0.1, 0.15) is 51.6 Å². The zero-order valence-electron chi connectivity index (χ0n) is 12.5. The van der Waals surface area contributed by atoms with E-state index in [0.29, 0.717) is 0 Å². The van der Waals surface area contributed by atoms with Gasteiger partial charge in [-0.05, 0) is 18.8 Å². The Morgan fingerprint density at radius 3 is 2.39 bits per heavy atom. The van der Waals surface area contributed by atoms with Gasteiger partial charge in [0.25, 0.3) is 5.91 Å². The lowest BCUT2D eigenvalue weighted by molar-refractivity contribution is -0.121. The molecule has 1 rings (SSSR count). The monoisotopic (exact) mass is 268 g/mol. The van der Waals surface area contributed by atoms with Crippen LogP contribution in [0.15, 0.2) is 4.99 Å². The maximum absolute atomic E-state index is 11.9. The first-order chi connectivity index (χ1) is 8.18. The Labute approximate surface area is 114 Å². The summed E-state index contributed by atoms with van der Waals surface area (Å²) in [7, 11) is 1.98. The molecule has 0 fully saturated rings. The van der Waals surface area contributed by atoms with Gasteiger partial charge in [0.05, 0.1) is 0 Å². The van der Waals surface area contributed by atoms with Crippen molar-refractivity contribution in [2.75, 3.05) is 0 Å². The fourth-order valence-electron chi connectivity index (χ4n) is 1.70. The summed E-state index contributed by atoms with van der Waals surface area (Å²) in [6.07, 6.45) is 0.836. The molecule has 0 saturated carbocycles. The molecule has 0 aliphatic carbocycles. The van der Waals surface area contributed by atoms with Crippen LogP contribution in [0, 0.1) is 12.8 Å². The molecule has 1 amide bonds. The van der Waals surface area contributed by atoms with Crippen LogP contribution in [0.4, 0.5) is 0 Å². The Morgan fingerprint density at radius 1 is 1.44 bits per heavy atom. The van der Waals surface area contributed by atoms with Crippen molar-refractivity contribution in [2.24, 2.45) is 18.0 Å². The van der Waals surface area contributed by atoms with Crippen molar-refractivity contribution in [1.29, 1.82) is 0 Å². The first-order valence-corrected chi connectivity index (χ1v) is 7.25. The van der Waals surface area contributed by atoms with Crippen molar-refractivity contribution in [3.63, 3.8) is 0 Å². The van der Waals surface area contributed by atoms with E-state index in [2.05, 4.69) is 32.7 Å². The molecule has 0 saturated heterocycles. The van der Waals surface area contributed by atoms with E-state index in [1.165, 1.54) is 10.6 Å². The van der Waals surface area contributed by atoms with Crippen LogP contribution in [0.5, 0.6) is 0 Å². The highest BCUT2D eigenvalue weighted by Crippen LogP contribution is 2.27. The van der Waals surface area contributed by atoms with Gasteiger partial charge in [-0.2, -0.15) is 4.99 Å². The zero-order chi connectivity index (χ0) is 14.1. The minimum absolute atomic E-state index is 0.00509. The lowest BCUT2D eigenvalue weighted by Gasteiger charge is -2.17. The van der Waals surface area contributed by atoms with Gasteiger partial charge < -0.3 is 4.57 Å². The topological polar surface area (TPSA) is 34.4 Å². The molecule has 1 atom stereocenters. The van der Waals surface area contributed by atoms with E-state index < -0.39 is 0 Å². The molecule has 1 unspecified atom stereocenters. The summed E-state index contributed by atoms with van der Waals surface area (Å²) in [5.74, 6) is -0.0136. The van der Waals surface area contributed by atoms with Crippen LogP contribution in [-0.4, -0.2) is 10.5 Å². The van der Waals surface area contributed by atoms with Crippen LogP contribution in [-0.2, 0) is 17.3 Å². The molecule has 0 aliphatic rings. The van der Waals surface area contributed by atoms with Gasteiger partial charge in [-0.25, -0.2) is 0 Å². The van der Waals surface area contributed by atoms with Crippen molar-refractivity contribution in [3.8, 4) is 0 Å². The maximum Gasteiger partial charge on any atom is 0.251 e. The molecule has 1 heterocycles. The summed E-state index contributed by atoms with van der Waals surface area (Å²) >= 11 is 1.62. The number of amides is 1. The van der Waals surface area contributed by atoms with E-state index in [1.54, 1.807) is 11.3 Å². The van der Waals surface area contributed by atoms with Gasteiger partial charge in [0.2, 0.25) is 0 Å². The van der Waals surface area contributed by atoms with Crippen molar-refractivity contribution < 1.29 is 4.79 Å². The molecule has 0 spiro atoms. The summed E-state index contributed by atoms with van der Waals surface area (Å²) in [6.45, 7) is 12.6. The molecule has 18 heavy (non-hydrogen) atoms. The zero-order valence-corrected chi connectivity index (χ0v) is 13.3. The second kappa shape index (κ2) is 5.39. The highest BCUT2D eigenvalue weighted by Gasteiger charge is 2.21. The van der Waals surface area contributed by atoms with E-state index in [1.807, 2.05) is 25.5 Å². The van der Waals surface area contributed by atoms with Gasteiger partial charge in [-0.3, -0.25) is 4.79 Å². The molecule has 102 valence electrons. The molecule has 4 heteroatoms. The average molecular weight is 268 g/mol.